The standard InChI is InChI=1S/C16H16O4S2/c17-21(18)9-13-3-1-4-14(7-13)10-22(19,20)12-16-6-2-5-15(8-16)11-21/h1-8H,9-12H2. The maximum absolute atomic E-state index is 12.3. The number of fused-ring (bicyclic) bond motifs is 4. The fraction of sp³-hybridized carbons (Fsp3) is 0.250. The first-order valence-electron chi connectivity index (χ1n) is 6.88. The van der Waals surface area contributed by atoms with Gasteiger partial charge in [0.25, 0.3) is 0 Å². The normalized spacial score (nSPS) is 19.6. The van der Waals surface area contributed by atoms with Crippen molar-refractivity contribution in [1.29, 1.82) is 0 Å². The smallest absolute Gasteiger partial charge is 0.158 e. The van der Waals surface area contributed by atoms with E-state index in [-0.39, 0.29) is 23.0 Å². The first-order chi connectivity index (χ1) is 10.3. The lowest BCUT2D eigenvalue weighted by molar-refractivity contribution is 0.594. The minimum Gasteiger partial charge on any atom is -0.228 e. The van der Waals surface area contributed by atoms with E-state index in [2.05, 4.69) is 0 Å². The molecule has 1 aliphatic rings. The van der Waals surface area contributed by atoms with Crippen molar-refractivity contribution < 1.29 is 16.8 Å². The van der Waals surface area contributed by atoms with Crippen LogP contribution in [0.1, 0.15) is 22.3 Å². The molecule has 1 aliphatic heterocycles. The Labute approximate surface area is 130 Å². The van der Waals surface area contributed by atoms with Crippen LogP contribution in [0.15, 0.2) is 48.5 Å². The maximum atomic E-state index is 12.3. The van der Waals surface area contributed by atoms with E-state index < -0.39 is 19.7 Å². The lowest BCUT2D eigenvalue weighted by atomic mass is 10.2. The van der Waals surface area contributed by atoms with Crippen LogP contribution in [0.4, 0.5) is 0 Å². The third-order valence-electron chi connectivity index (χ3n) is 3.53. The maximum Gasteiger partial charge on any atom is 0.158 e. The Balaban J connectivity index is 2.11. The molecule has 0 N–H and O–H groups in total. The molecule has 0 aromatic heterocycles. The zero-order chi connectivity index (χ0) is 15.8. The number of hydrogen-bond donors (Lipinski definition) is 0. The summed E-state index contributed by atoms with van der Waals surface area (Å²) in [4.78, 5) is 0. The Morgan fingerprint density at radius 1 is 0.545 bits per heavy atom. The van der Waals surface area contributed by atoms with Gasteiger partial charge in [-0.05, 0) is 22.3 Å². The monoisotopic (exact) mass is 336 g/mol. The molecule has 116 valence electrons. The van der Waals surface area contributed by atoms with Crippen LogP contribution in [0.25, 0.3) is 0 Å². The van der Waals surface area contributed by atoms with E-state index in [9.17, 15) is 16.8 Å². The molecule has 3 rings (SSSR count). The van der Waals surface area contributed by atoms with Crippen molar-refractivity contribution in [2.24, 2.45) is 0 Å². The predicted octanol–water partition coefficient (Wildman–Crippen LogP) is 2.23. The van der Waals surface area contributed by atoms with Crippen LogP contribution in [0.3, 0.4) is 0 Å². The van der Waals surface area contributed by atoms with Crippen LogP contribution < -0.4 is 0 Å². The highest BCUT2D eigenvalue weighted by molar-refractivity contribution is 7.90. The van der Waals surface area contributed by atoms with Crippen molar-refractivity contribution in [3.05, 3.63) is 70.8 Å². The number of hydrogen-bond acceptors (Lipinski definition) is 4. The Hall–Kier alpha value is -1.66. The summed E-state index contributed by atoms with van der Waals surface area (Å²) in [6.45, 7) is 0. The highest BCUT2D eigenvalue weighted by Crippen LogP contribution is 2.20. The van der Waals surface area contributed by atoms with Gasteiger partial charge in [0.05, 0.1) is 23.0 Å². The molecule has 0 amide bonds. The summed E-state index contributed by atoms with van der Waals surface area (Å²) in [5.74, 6) is -0.313. The highest BCUT2D eigenvalue weighted by Gasteiger charge is 2.18. The van der Waals surface area contributed by atoms with E-state index in [1.165, 1.54) is 0 Å². The van der Waals surface area contributed by atoms with Crippen molar-refractivity contribution in [1.82, 2.24) is 0 Å². The van der Waals surface area contributed by atoms with Gasteiger partial charge in [0.1, 0.15) is 0 Å². The fourth-order valence-corrected chi connectivity index (χ4v) is 5.69. The molecular weight excluding hydrogens is 320 g/mol. The topological polar surface area (TPSA) is 68.3 Å². The minimum atomic E-state index is -3.28. The zero-order valence-corrected chi connectivity index (χ0v) is 13.5. The minimum absolute atomic E-state index is 0.0783. The number of sulfone groups is 2. The van der Waals surface area contributed by atoms with Gasteiger partial charge < -0.3 is 0 Å². The van der Waals surface area contributed by atoms with Crippen molar-refractivity contribution in [2.75, 3.05) is 0 Å². The summed E-state index contributed by atoms with van der Waals surface area (Å²) < 4.78 is 49.2. The summed E-state index contributed by atoms with van der Waals surface area (Å²) in [6.07, 6.45) is 0. The second-order valence-corrected chi connectivity index (χ2v) is 9.83. The summed E-state index contributed by atoms with van der Waals surface area (Å²) in [6, 6.07) is 13.6. The first-order valence-corrected chi connectivity index (χ1v) is 10.5. The molecule has 6 heteroatoms. The molecule has 0 fully saturated rings. The zero-order valence-electron chi connectivity index (χ0n) is 11.9. The van der Waals surface area contributed by atoms with Crippen molar-refractivity contribution in [2.45, 2.75) is 23.0 Å². The van der Waals surface area contributed by atoms with Crippen LogP contribution >= 0.6 is 0 Å². The SMILES string of the molecule is O=S1(=O)Cc2cccc(c2)CS(=O)(=O)Cc2cccc(c2)C1. The van der Waals surface area contributed by atoms with Gasteiger partial charge in [-0.25, -0.2) is 16.8 Å². The van der Waals surface area contributed by atoms with Crippen molar-refractivity contribution in [3.8, 4) is 0 Å². The van der Waals surface area contributed by atoms with Crippen LogP contribution in [-0.2, 0) is 42.7 Å². The third kappa shape index (κ3) is 3.75. The molecule has 0 radical (unpaired) electrons. The molecule has 2 aromatic rings. The van der Waals surface area contributed by atoms with Crippen molar-refractivity contribution in [3.63, 3.8) is 0 Å². The van der Waals surface area contributed by atoms with E-state index in [1.807, 2.05) is 0 Å². The lowest BCUT2D eigenvalue weighted by Gasteiger charge is -2.11. The first kappa shape index (κ1) is 15.2. The Kier molecular flexibility index (Phi) is 3.82. The molecule has 1 heterocycles. The molecule has 0 unspecified atom stereocenters. The van der Waals surface area contributed by atoms with Gasteiger partial charge in [-0.1, -0.05) is 48.5 Å². The van der Waals surface area contributed by atoms with E-state index in [4.69, 9.17) is 0 Å². The van der Waals surface area contributed by atoms with Crippen LogP contribution in [-0.4, -0.2) is 16.8 Å². The van der Waals surface area contributed by atoms with E-state index in [0.29, 0.717) is 22.3 Å². The third-order valence-corrected chi connectivity index (χ3v) is 6.62. The average Bonchev–Trinajstić information content (AvgIpc) is 2.35. The molecule has 4 bridgehead atoms. The van der Waals surface area contributed by atoms with Gasteiger partial charge in [-0.15, -0.1) is 0 Å². The second kappa shape index (κ2) is 5.52. The van der Waals surface area contributed by atoms with Gasteiger partial charge in [-0.3, -0.25) is 0 Å². The Morgan fingerprint density at radius 2 is 0.818 bits per heavy atom. The predicted molar refractivity (Wildman–Crippen MR) is 85.5 cm³/mol. The van der Waals surface area contributed by atoms with Crippen molar-refractivity contribution >= 4 is 19.7 Å². The average molecular weight is 336 g/mol. The molecule has 2 aromatic carbocycles. The molecule has 0 spiro atoms. The molecule has 0 aliphatic carbocycles. The van der Waals surface area contributed by atoms with E-state index in [1.54, 1.807) is 48.5 Å². The molecule has 4 nitrogen and oxygen atoms in total. The molecular formula is C16H16O4S2. The largest absolute Gasteiger partial charge is 0.228 e. The highest BCUT2D eigenvalue weighted by atomic mass is 32.2. The van der Waals surface area contributed by atoms with E-state index >= 15 is 0 Å². The Bertz CT molecular complexity index is 781. The molecule has 0 atom stereocenters. The summed E-state index contributed by atoms with van der Waals surface area (Å²) in [5.41, 5.74) is 2.52. The number of rotatable bonds is 0. The fourth-order valence-electron chi connectivity index (χ4n) is 2.74. The van der Waals surface area contributed by atoms with Crippen LogP contribution in [0, 0.1) is 0 Å². The van der Waals surface area contributed by atoms with Gasteiger partial charge in [0.2, 0.25) is 0 Å². The summed E-state index contributed by atoms with van der Waals surface area (Å²) >= 11 is 0. The summed E-state index contributed by atoms with van der Waals surface area (Å²) in [5, 5.41) is 0. The van der Waals surface area contributed by atoms with Gasteiger partial charge >= 0.3 is 0 Å². The van der Waals surface area contributed by atoms with Crippen LogP contribution in [0.5, 0.6) is 0 Å². The molecule has 0 saturated heterocycles. The van der Waals surface area contributed by atoms with Gasteiger partial charge in [-0.2, -0.15) is 0 Å². The van der Waals surface area contributed by atoms with E-state index in [0.717, 1.165) is 0 Å². The van der Waals surface area contributed by atoms with Gasteiger partial charge in [0, 0.05) is 0 Å². The van der Waals surface area contributed by atoms with Gasteiger partial charge in [0.15, 0.2) is 19.7 Å². The quantitative estimate of drug-likeness (QED) is 0.740. The molecule has 0 saturated carbocycles. The Morgan fingerprint density at radius 3 is 1.09 bits per heavy atom. The second-order valence-electron chi connectivity index (χ2n) is 5.70. The van der Waals surface area contributed by atoms with Crippen LogP contribution in [0.2, 0.25) is 0 Å². The summed E-state index contributed by atoms with van der Waals surface area (Å²) in [7, 11) is -6.57. The lowest BCUT2D eigenvalue weighted by Crippen LogP contribution is -2.12. The molecule has 22 heavy (non-hydrogen) atoms. The number of benzene rings is 2.